The van der Waals surface area contributed by atoms with Gasteiger partial charge in [0.2, 0.25) is 11.8 Å². The van der Waals surface area contributed by atoms with Crippen molar-refractivity contribution < 1.29 is 37.8 Å². The molecule has 16 nitrogen and oxygen atoms in total. The molecule has 0 spiro atoms. The maximum Gasteiger partial charge on any atom is 0.407 e. The standard InChI is InChI=1S/C45H56FN9O7Si/c1-23(2)38(51-44(58)60-6)42(56)53-14-10-11-33(53)40-47-19-30(49-40)26-12-13-32-28(15-26)17-34-37-29(46)16-27(18-36(37)62-25(5)55(32)34)31-20-48-41(50-31)35-21-63(8,9)22-54(35)43(57)39(24(3)4)52-45(59)61-7/h12-13,15-20,23-25,33,35,38-39H,10-11,14,21-22H2,1-9H3,(H,47,49)(H,48,50)(H,51,58)(H,52,59)/t25?,33-,35-,38-,39-/m0/s1. The van der Waals surface area contributed by atoms with Crippen molar-refractivity contribution >= 4 is 43.0 Å². The molecule has 0 saturated carbocycles. The van der Waals surface area contributed by atoms with Crippen LogP contribution in [0, 0.1) is 17.7 Å². The summed E-state index contributed by atoms with van der Waals surface area (Å²) in [4.78, 5) is 71.7. The molecule has 3 aromatic heterocycles. The molecule has 0 bridgehead atoms. The lowest BCUT2D eigenvalue weighted by atomic mass is 10.0. The smallest absolute Gasteiger partial charge is 0.407 e. The van der Waals surface area contributed by atoms with E-state index in [0.717, 1.165) is 41.0 Å². The van der Waals surface area contributed by atoms with Gasteiger partial charge in [-0.3, -0.25) is 9.59 Å². The number of halogens is 1. The highest BCUT2D eigenvalue weighted by atomic mass is 28.3. The average molecular weight is 882 g/mol. The number of aromatic amines is 2. The predicted octanol–water partition coefficient (Wildman–Crippen LogP) is 7.69. The quantitative estimate of drug-likeness (QED) is 0.102. The first-order chi connectivity index (χ1) is 30.0. The molecular formula is C45H56FN9O7Si. The van der Waals surface area contributed by atoms with Crippen LogP contribution in [0.15, 0.2) is 48.8 Å². The molecule has 1 unspecified atom stereocenters. The van der Waals surface area contributed by atoms with Gasteiger partial charge >= 0.3 is 12.2 Å². The lowest BCUT2D eigenvalue weighted by Crippen LogP contribution is -2.52. The number of hydrogen-bond donors (Lipinski definition) is 4. The molecule has 2 saturated heterocycles. The third-order valence-electron chi connectivity index (χ3n) is 12.6. The Hall–Kier alpha value is -6.17. The minimum Gasteiger partial charge on any atom is -0.470 e. The van der Waals surface area contributed by atoms with Gasteiger partial charge < -0.3 is 49.2 Å². The van der Waals surface area contributed by atoms with Crippen LogP contribution < -0.4 is 15.4 Å². The fourth-order valence-electron chi connectivity index (χ4n) is 9.42. The van der Waals surface area contributed by atoms with E-state index in [2.05, 4.69) is 33.7 Å². The van der Waals surface area contributed by atoms with Crippen molar-refractivity contribution in [1.82, 2.24) is 44.9 Å². The van der Waals surface area contributed by atoms with Crippen molar-refractivity contribution in [2.24, 2.45) is 11.8 Å². The Morgan fingerprint density at radius 2 is 1.44 bits per heavy atom. The van der Waals surface area contributed by atoms with Crippen molar-refractivity contribution in [2.45, 2.75) is 97.0 Å². The number of likely N-dealkylation sites (tertiary alicyclic amines) is 1. The normalized spacial score (nSPS) is 20.0. The zero-order chi connectivity index (χ0) is 45.1. The maximum atomic E-state index is 16.5. The molecule has 2 fully saturated rings. The van der Waals surface area contributed by atoms with Crippen LogP contribution in [0.4, 0.5) is 14.0 Å². The van der Waals surface area contributed by atoms with E-state index in [-0.39, 0.29) is 35.7 Å². The first-order valence-electron chi connectivity index (χ1n) is 21.5. The monoisotopic (exact) mass is 881 g/mol. The molecule has 2 aromatic carbocycles. The minimum absolute atomic E-state index is 0.143. The number of methoxy groups -OCH3 is 2. The average Bonchev–Trinajstić information content (AvgIpc) is 4.09. The topological polar surface area (TPSA) is 189 Å². The summed E-state index contributed by atoms with van der Waals surface area (Å²) in [5.41, 5.74) is 4.71. The lowest BCUT2D eigenvalue weighted by Gasteiger charge is -2.30. The summed E-state index contributed by atoms with van der Waals surface area (Å²) in [7, 11) is 0.696. The van der Waals surface area contributed by atoms with E-state index in [0.29, 0.717) is 52.6 Å². The van der Waals surface area contributed by atoms with Crippen LogP contribution in [-0.4, -0.2) is 105 Å². The van der Waals surface area contributed by atoms with Gasteiger partial charge in [0.05, 0.1) is 74.9 Å². The van der Waals surface area contributed by atoms with Crippen molar-refractivity contribution in [3.63, 3.8) is 0 Å². The van der Waals surface area contributed by atoms with Gasteiger partial charge in [-0.25, -0.2) is 23.9 Å². The van der Waals surface area contributed by atoms with E-state index in [1.165, 1.54) is 20.3 Å². The molecule has 0 radical (unpaired) electrons. The number of H-pyrrole nitrogens is 2. The molecule has 4 amide bonds. The van der Waals surface area contributed by atoms with Crippen LogP contribution in [-0.2, 0) is 19.1 Å². The Labute approximate surface area is 366 Å². The number of imidazole rings is 2. The van der Waals surface area contributed by atoms with Crippen molar-refractivity contribution in [3.05, 3.63) is 66.3 Å². The number of nitrogens with zero attached hydrogens (tertiary/aromatic N) is 5. The SMILES string of the molecule is COC(=O)N[C@H](C(=O)N1CCC[C@H]1c1ncc(-c2ccc3c(c2)cc2n3C(C)Oc3cc(-c4cnc([C@@H]5C[Si](C)(C)CN5C(=O)[C@@H](NC(=O)OC)C(C)C)[nH]4)cc(F)c3-2)[nH]1)C(C)C. The van der Waals surface area contributed by atoms with Gasteiger partial charge in [-0.15, -0.1) is 0 Å². The fourth-order valence-corrected chi connectivity index (χ4v) is 12.3. The van der Waals surface area contributed by atoms with Gasteiger partial charge in [0.1, 0.15) is 35.3 Å². The van der Waals surface area contributed by atoms with Crippen LogP contribution in [0.2, 0.25) is 19.1 Å². The van der Waals surface area contributed by atoms with Crippen LogP contribution in [0.3, 0.4) is 0 Å². The van der Waals surface area contributed by atoms with Gasteiger partial charge in [0, 0.05) is 29.2 Å². The largest absolute Gasteiger partial charge is 0.470 e. The number of alkyl carbamates (subject to hydrolysis) is 2. The third kappa shape index (κ3) is 8.16. The Morgan fingerprint density at radius 1 is 0.841 bits per heavy atom. The zero-order valence-electron chi connectivity index (χ0n) is 37.2. The van der Waals surface area contributed by atoms with Crippen LogP contribution >= 0.6 is 0 Å². The molecule has 0 aliphatic carbocycles. The predicted molar refractivity (Wildman–Crippen MR) is 237 cm³/mol. The van der Waals surface area contributed by atoms with Gasteiger partial charge in [0.25, 0.3) is 0 Å². The highest BCUT2D eigenvalue weighted by Crippen LogP contribution is 2.46. The van der Waals surface area contributed by atoms with Gasteiger partial charge in [-0.1, -0.05) is 46.9 Å². The van der Waals surface area contributed by atoms with Crippen molar-refractivity contribution in [3.8, 4) is 39.5 Å². The minimum atomic E-state index is -1.85. The molecule has 4 N–H and O–H groups in total. The second-order valence-corrected chi connectivity index (χ2v) is 23.4. The van der Waals surface area contributed by atoms with E-state index in [1.54, 1.807) is 17.3 Å². The molecule has 63 heavy (non-hydrogen) atoms. The molecular weight excluding hydrogens is 826 g/mol. The summed E-state index contributed by atoms with van der Waals surface area (Å²) in [5, 5.41) is 6.29. The van der Waals surface area contributed by atoms with Gasteiger partial charge in [-0.05, 0) is 68.0 Å². The molecule has 3 aliphatic heterocycles. The number of hydrogen-bond acceptors (Lipinski definition) is 9. The van der Waals surface area contributed by atoms with E-state index in [9.17, 15) is 19.2 Å². The molecule has 5 aromatic rings. The van der Waals surface area contributed by atoms with E-state index >= 15 is 4.39 Å². The Morgan fingerprint density at radius 3 is 2.06 bits per heavy atom. The molecule has 8 rings (SSSR count). The molecule has 5 atom stereocenters. The first-order valence-corrected chi connectivity index (χ1v) is 25.0. The van der Waals surface area contributed by atoms with Crippen molar-refractivity contribution in [2.75, 3.05) is 26.9 Å². The second kappa shape index (κ2) is 16.8. The summed E-state index contributed by atoms with van der Waals surface area (Å²) >= 11 is 0. The lowest BCUT2D eigenvalue weighted by molar-refractivity contribution is -0.136. The van der Waals surface area contributed by atoms with E-state index in [4.69, 9.17) is 24.2 Å². The zero-order valence-corrected chi connectivity index (χ0v) is 38.2. The number of fused-ring (bicyclic) bond motifs is 5. The van der Waals surface area contributed by atoms with E-state index in [1.807, 2.05) is 74.4 Å². The summed E-state index contributed by atoms with van der Waals surface area (Å²) in [5.74, 6) is 0.540. The summed E-state index contributed by atoms with van der Waals surface area (Å²) < 4.78 is 34.5. The number of amides is 4. The van der Waals surface area contributed by atoms with Crippen LogP contribution in [0.1, 0.15) is 77.4 Å². The molecule has 334 valence electrons. The summed E-state index contributed by atoms with van der Waals surface area (Å²) in [6.45, 7) is 14.5. The highest BCUT2D eigenvalue weighted by Gasteiger charge is 2.46. The molecule has 3 aliphatic rings. The maximum absolute atomic E-state index is 16.5. The highest BCUT2D eigenvalue weighted by molar-refractivity contribution is 6.78. The Bertz CT molecular complexity index is 2580. The van der Waals surface area contributed by atoms with Gasteiger partial charge in [-0.2, -0.15) is 0 Å². The van der Waals surface area contributed by atoms with Crippen LogP contribution in [0.5, 0.6) is 5.75 Å². The summed E-state index contributed by atoms with van der Waals surface area (Å²) in [6, 6.07) is 9.96. The molecule has 6 heterocycles. The number of nitrogens with one attached hydrogen (secondary N) is 4. The number of benzene rings is 2. The van der Waals surface area contributed by atoms with Gasteiger partial charge in [0.15, 0.2) is 6.23 Å². The number of ether oxygens (including phenoxy) is 3. The Balaban J connectivity index is 1.04. The number of carbonyl (C=O) groups is 4. The molecule has 18 heteroatoms. The van der Waals surface area contributed by atoms with E-state index < -0.39 is 44.4 Å². The second-order valence-electron chi connectivity index (χ2n) is 18.3. The summed E-state index contributed by atoms with van der Waals surface area (Å²) in [6.07, 6.45) is 3.81. The number of carbonyl (C=O) groups excluding carboxylic acids is 4. The third-order valence-corrected chi connectivity index (χ3v) is 15.3. The number of rotatable bonds is 10. The first kappa shape index (κ1) is 43.5. The fraction of sp³-hybridized carbons (Fsp3) is 0.467. The Kier molecular flexibility index (Phi) is 11.6. The van der Waals surface area contributed by atoms with Crippen molar-refractivity contribution in [1.29, 1.82) is 0 Å². The number of aromatic nitrogens is 5. The van der Waals surface area contributed by atoms with Crippen LogP contribution in [0.25, 0.3) is 44.7 Å².